The van der Waals surface area contributed by atoms with Crippen molar-refractivity contribution in [1.29, 1.82) is 0 Å². The predicted molar refractivity (Wildman–Crippen MR) is 80.2 cm³/mol. The molecule has 0 aliphatic heterocycles. The summed E-state index contributed by atoms with van der Waals surface area (Å²) in [4.78, 5) is 24.3. The second-order valence-electron chi connectivity index (χ2n) is 5.41. The average molecular weight is 284 g/mol. The Labute approximate surface area is 118 Å². The first kappa shape index (κ1) is 16.3. The first-order valence-corrected chi connectivity index (χ1v) is 6.64. The fourth-order valence-electron chi connectivity index (χ4n) is 2.00. The van der Waals surface area contributed by atoms with Crippen molar-refractivity contribution in [3.8, 4) is 0 Å². The van der Waals surface area contributed by atoms with Crippen LogP contribution in [0.1, 0.15) is 20.8 Å². The van der Waals surface area contributed by atoms with Crippen molar-refractivity contribution < 1.29 is 4.74 Å². The molecule has 0 radical (unpaired) electrons. The fraction of sp³-hybridized carbons (Fsp3) is 0.692. The quantitative estimate of drug-likeness (QED) is 0.780. The molecule has 0 saturated carbocycles. The molecule has 1 aromatic rings. The van der Waals surface area contributed by atoms with Crippen LogP contribution in [-0.2, 0) is 18.3 Å². The van der Waals surface area contributed by atoms with Gasteiger partial charge >= 0.3 is 5.69 Å². The van der Waals surface area contributed by atoms with Gasteiger partial charge in [-0.25, -0.2) is 4.79 Å². The summed E-state index contributed by atoms with van der Waals surface area (Å²) in [6, 6.07) is -0.0833. The van der Waals surface area contributed by atoms with Crippen LogP contribution in [0.5, 0.6) is 0 Å². The molecule has 20 heavy (non-hydrogen) atoms. The number of methoxy groups -OCH3 is 1. The topological polar surface area (TPSA) is 91.3 Å². The van der Waals surface area contributed by atoms with Gasteiger partial charge in [-0.1, -0.05) is 13.8 Å². The molecule has 1 rings (SSSR count). The summed E-state index contributed by atoms with van der Waals surface area (Å²) in [6.07, 6.45) is 0. The standard InChI is InChI=1S/C13H24N4O3/c1-8(2)6-17-11(14)10(15-9(3)7-20-5)12(18)16(4)13(17)19/h8-9,15H,6-7,14H2,1-5H3. The molecule has 1 aromatic heterocycles. The molecule has 0 amide bonds. The Morgan fingerprint density at radius 1 is 1.30 bits per heavy atom. The van der Waals surface area contributed by atoms with E-state index in [1.807, 2.05) is 20.8 Å². The summed E-state index contributed by atoms with van der Waals surface area (Å²) in [5, 5.41) is 3.02. The van der Waals surface area contributed by atoms with Gasteiger partial charge in [0.2, 0.25) is 0 Å². The summed E-state index contributed by atoms with van der Waals surface area (Å²) in [5.74, 6) is 0.423. The van der Waals surface area contributed by atoms with Gasteiger partial charge in [0.05, 0.1) is 6.61 Å². The average Bonchev–Trinajstić information content (AvgIpc) is 2.37. The van der Waals surface area contributed by atoms with Crippen LogP contribution in [0.3, 0.4) is 0 Å². The van der Waals surface area contributed by atoms with Crippen LogP contribution in [0, 0.1) is 5.92 Å². The van der Waals surface area contributed by atoms with Gasteiger partial charge in [-0.05, 0) is 12.8 Å². The zero-order valence-electron chi connectivity index (χ0n) is 12.8. The molecule has 1 heterocycles. The highest BCUT2D eigenvalue weighted by molar-refractivity contribution is 5.61. The maximum atomic E-state index is 12.2. The number of nitrogen functional groups attached to an aromatic ring is 1. The fourth-order valence-corrected chi connectivity index (χ4v) is 2.00. The Bertz CT molecular complexity index is 574. The van der Waals surface area contributed by atoms with Gasteiger partial charge in [0, 0.05) is 26.7 Å². The molecular weight excluding hydrogens is 260 g/mol. The van der Waals surface area contributed by atoms with E-state index in [0.29, 0.717) is 13.2 Å². The number of hydrogen-bond donors (Lipinski definition) is 2. The number of nitrogens with zero attached hydrogens (tertiary/aromatic N) is 2. The van der Waals surface area contributed by atoms with Gasteiger partial charge in [0.1, 0.15) is 11.5 Å². The number of nitrogens with one attached hydrogen (secondary N) is 1. The van der Waals surface area contributed by atoms with Crippen LogP contribution in [0.2, 0.25) is 0 Å². The zero-order chi connectivity index (χ0) is 15.4. The summed E-state index contributed by atoms with van der Waals surface area (Å²) in [6.45, 7) is 6.74. The maximum Gasteiger partial charge on any atom is 0.332 e. The van der Waals surface area contributed by atoms with Gasteiger partial charge < -0.3 is 15.8 Å². The number of aromatic nitrogens is 2. The molecule has 0 bridgehead atoms. The summed E-state index contributed by atoms with van der Waals surface area (Å²) in [7, 11) is 3.03. The lowest BCUT2D eigenvalue weighted by Gasteiger charge is -2.20. The highest BCUT2D eigenvalue weighted by atomic mass is 16.5. The lowest BCUT2D eigenvalue weighted by Crippen LogP contribution is -2.42. The highest BCUT2D eigenvalue weighted by Crippen LogP contribution is 2.13. The Hall–Kier alpha value is -1.76. The van der Waals surface area contributed by atoms with Crippen LogP contribution < -0.4 is 22.3 Å². The lowest BCUT2D eigenvalue weighted by atomic mass is 10.2. The second-order valence-corrected chi connectivity index (χ2v) is 5.41. The highest BCUT2D eigenvalue weighted by Gasteiger charge is 2.17. The minimum Gasteiger partial charge on any atom is -0.383 e. The number of rotatable bonds is 6. The van der Waals surface area contributed by atoms with Gasteiger partial charge in [0.15, 0.2) is 0 Å². The minimum atomic E-state index is -0.421. The van der Waals surface area contributed by atoms with Crippen molar-refractivity contribution in [3.63, 3.8) is 0 Å². The van der Waals surface area contributed by atoms with E-state index in [1.54, 1.807) is 7.11 Å². The summed E-state index contributed by atoms with van der Waals surface area (Å²) >= 11 is 0. The van der Waals surface area contributed by atoms with E-state index in [2.05, 4.69) is 5.32 Å². The monoisotopic (exact) mass is 284 g/mol. The molecule has 0 saturated heterocycles. The Morgan fingerprint density at radius 3 is 2.40 bits per heavy atom. The van der Waals surface area contributed by atoms with Crippen molar-refractivity contribution in [2.24, 2.45) is 13.0 Å². The molecule has 7 nitrogen and oxygen atoms in total. The number of nitrogens with two attached hydrogens (primary N) is 1. The Morgan fingerprint density at radius 2 is 1.90 bits per heavy atom. The molecule has 1 unspecified atom stereocenters. The minimum absolute atomic E-state index is 0.0833. The largest absolute Gasteiger partial charge is 0.383 e. The molecule has 114 valence electrons. The van der Waals surface area contributed by atoms with Crippen molar-refractivity contribution in [1.82, 2.24) is 9.13 Å². The van der Waals surface area contributed by atoms with E-state index >= 15 is 0 Å². The van der Waals surface area contributed by atoms with Crippen LogP contribution >= 0.6 is 0 Å². The number of ether oxygens (including phenoxy) is 1. The number of hydrogen-bond acceptors (Lipinski definition) is 5. The molecule has 0 fully saturated rings. The zero-order valence-corrected chi connectivity index (χ0v) is 12.8. The molecular formula is C13H24N4O3. The molecule has 0 aromatic carbocycles. The van der Waals surface area contributed by atoms with Crippen LogP contribution in [-0.4, -0.2) is 28.9 Å². The first-order valence-electron chi connectivity index (χ1n) is 6.64. The smallest absolute Gasteiger partial charge is 0.332 e. The van der Waals surface area contributed by atoms with E-state index in [9.17, 15) is 9.59 Å². The van der Waals surface area contributed by atoms with Gasteiger partial charge in [0.25, 0.3) is 5.56 Å². The van der Waals surface area contributed by atoms with E-state index in [-0.39, 0.29) is 23.5 Å². The molecule has 3 N–H and O–H groups in total. The van der Waals surface area contributed by atoms with Crippen LogP contribution in [0.4, 0.5) is 11.5 Å². The molecule has 0 aliphatic rings. The van der Waals surface area contributed by atoms with Crippen LogP contribution in [0.25, 0.3) is 0 Å². The van der Waals surface area contributed by atoms with Crippen molar-refractivity contribution in [2.45, 2.75) is 33.4 Å². The molecule has 7 heteroatoms. The molecule has 0 aliphatic carbocycles. The second kappa shape index (κ2) is 6.60. The SMILES string of the molecule is COCC(C)Nc1c(N)n(CC(C)C)c(=O)n(C)c1=O. The normalized spacial score (nSPS) is 12.7. The number of anilines is 2. The summed E-state index contributed by atoms with van der Waals surface area (Å²) < 4.78 is 7.52. The summed E-state index contributed by atoms with van der Waals surface area (Å²) in [5.41, 5.74) is 5.42. The van der Waals surface area contributed by atoms with Crippen molar-refractivity contribution in [2.75, 3.05) is 24.8 Å². The van der Waals surface area contributed by atoms with E-state index in [0.717, 1.165) is 4.57 Å². The molecule has 0 spiro atoms. The molecule has 1 atom stereocenters. The van der Waals surface area contributed by atoms with E-state index in [4.69, 9.17) is 10.5 Å². The maximum absolute atomic E-state index is 12.2. The van der Waals surface area contributed by atoms with Gasteiger partial charge in [-0.15, -0.1) is 0 Å². The van der Waals surface area contributed by atoms with E-state index in [1.165, 1.54) is 11.6 Å². The van der Waals surface area contributed by atoms with Crippen molar-refractivity contribution in [3.05, 3.63) is 20.8 Å². The Balaban J connectivity index is 3.34. The van der Waals surface area contributed by atoms with Crippen molar-refractivity contribution >= 4 is 11.5 Å². The lowest BCUT2D eigenvalue weighted by molar-refractivity contribution is 0.190. The van der Waals surface area contributed by atoms with E-state index < -0.39 is 11.2 Å². The van der Waals surface area contributed by atoms with Gasteiger partial charge in [-0.3, -0.25) is 13.9 Å². The van der Waals surface area contributed by atoms with Crippen LogP contribution in [0.15, 0.2) is 9.59 Å². The van der Waals surface area contributed by atoms with Gasteiger partial charge in [-0.2, -0.15) is 0 Å². The first-order chi connectivity index (χ1) is 9.29. The third-order valence-corrected chi connectivity index (χ3v) is 2.94. The Kier molecular flexibility index (Phi) is 5.38. The third kappa shape index (κ3) is 3.41. The predicted octanol–water partition coefficient (Wildman–Crippen LogP) is 0.232. The third-order valence-electron chi connectivity index (χ3n) is 2.94.